The summed E-state index contributed by atoms with van der Waals surface area (Å²) in [6.07, 6.45) is 0. The molecule has 0 aromatic carbocycles. The molecule has 0 aliphatic carbocycles. The van der Waals surface area contributed by atoms with E-state index in [0.717, 1.165) is 0 Å². The Morgan fingerprint density at radius 2 is 0.652 bits per heavy atom. The van der Waals surface area contributed by atoms with E-state index in [1.54, 1.807) is 0 Å². The molecule has 0 rings (SSSR count). The zero-order chi connectivity index (χ0) is 18.6. The van der Waals surface area contributed by atoms with Gasteiger partial charge in [-0.1, -0.05) is 0 Å². The van der Waals surface area contributed by atoms with Crippen LogP contribution in [0, 0.1) is 0 Å². The van der Waals surface area contributed by atoms with Gasteiger partial charge in [0, 0.05) is 0 Å². The van der Waals surface area contributed by atoms with Gasteiger partial charge in [-0.2, -0.15) is 16.8 Å². The Morgan fingerprint density at radius 3 is 0.652 bits per heavy atom. The van der Waals surface area contributed by atoms with Crippen molar-refractivity contribution in [2.24, 2.45) is 0 Å². The molecule has 6 nitrogen and oxygen atoms in total. The zero-order valence-electron chi connectivity index (χ0n) is 8.73. The maximum absolute atomic E-state index is 9.89. The van der Waals surface area contributed by atoms with Crippen LogP contribution in [0.25, 0.3) is 0 Å². The molecule has 140 valence electrons. The Morgan fingerprint density at radius 1 is 0.565 bits per heavy atom. The second-order valence-electron chi connectivity index (χ2n) is 2.56. The van der Waals surface area contributed by atoms with Gasteiger partial charge in [0.1, 0.15) is 0 Å². The van der Waals surface area contributed by atoms with E-state index in [4.69, 9.17) is 9.11 Å². The van der Waals surface area contributed by atoms with Gasteiger partial charge in [-0.05, 0) is 0 Å². The van der Waals surface area contributed by atoms with E-state index in [2.05, 4.69) is 0 Å². The third kappa shape index (κ3) is 195. The van der Waals surface area contributed by atoms with E-state index in [-0.39, 0.29) is 37.7 Å². The fraction of sp³-hybridized carbons (Fsp3) is 1.00. The first-order valence-corrected chi connectivity index (χ1v) is 13.6. The fourth-order valence-electron chi connectivity index (χ4n) is 0.188. The van der Waals surface area contributed by atoms with E-state index in [1.165, 1.54) is 0 Å². The van der Waals surface area contributed by atoms with Crippen LogP contribution in [0.15, 0.2) is 0 Å². The minimum absolute atomic E-state index is 0. The predicted octanol–water partition coefficient (Wildman–Crippen LogP) is 0.863. The standard InChI is InChI=1S/CH4O6S2.2AsF5.2Li.2H/c2-8(3,4)1-9(5,6)7;2*2-1(3,4,5)6;;;;/h1H2,(H,2,3,4)(H,5,6,7);;;;;;. The molecule has 23 heavy (non-hydrogen) atoms. The molecular formula is CH6As2F10Li2O6S2. The van der Waals surface area contributed by atoms with Crippen LogP contribution in [-0.2, 0) is 20.2 Å². The van der Waals surface area contributed by atoms with Gasteiger partial charge in [0.15, 0.2) is 0 Å². The molecule has 0 aliphatic heterocycles. The average Bonchev–Trinajstić information content (AvgIpc) is 1.57. The summed E-state index contributed by atoms with van der Waals surface area (Å²) in [6.45, 7) is 0. The summed E-state index contributed by atoms with van der Waals surface area (Å²) in [7, 11) is -9.24. The molecule has 0 aromatic rings. The predicted molar refractivity (Wildman–Crippen MR) is 64.9 cm³/mol. The van der Waals surface area contributed by atoms with Gasteiger partial charge in [-0.25, -0.2) is 0 Å². The van der Waals surface area contributed by atoms with Crippen LogP contribution >= 0.6 is 0 Å². The Labute approximate surface area is 152 Å². The first-order valence-electron chi connectivity index (χ1n) is 3.30. The van der Waals surface area contributed by atoms with Gasteiger partial charge in [0.25, 0.3) is 20.2 Å². The third-order valence-corrected chi connectivity index (χ3v) is 2.68. The van der Waals surface area contributed by atoms with E-state index < -0.39 is 54.9 Å². The Balaban J connectivity index is -0.0000000696. The third-order valence-electron chi connectivity index (χ3n) is 0.298. The molecule has 0 amide bonds. The van der Waals surface area contributed by atoms with Crippen molar-refractivity contribution in [1.82, 2.24) is 0 Å². The SMILES string of the molecule is F[As](F)(F)(F)F.F[As](F)(F)(F)F.O=S(=O)(O)CS(=O)(=O)O.[LiH].[LiH]. The summed E-state index contributed by atoms with van der Waals surface area (Å²) in [5, 5.41) is -1.65. The van der Waals surface area contributed by atoms with Crippen molar-refractivity contribution in [3.05, 3.63) is 0 Å². The summed E-state index contributed by atoms with van der Waals surface area (Å²) in [6, 6.07) is 0. The van der Waals surface area contributed by atoms with Crippen LogP contribution in [0.5, 0.6) is 0 Å². The number of hydrogen-bond acceptors (Lipinski definition) is 4. The second-order valence-corrected chi connectivity index (χ2v) is 11.2. The van der Waals surface area contributed by atoms with E-state index in [9.17, 15) is 51.5 Å². The molecule has 0 atom stereocenters. The summed E-state index contributed by atoms with van der Waals surface area (Å²) in [5.74, 6) is 0. The normalized spacial score (nSPS) is 15.3. The van der Waals surface area contributed by atoms with Crippen LogP contribution in [0.4, 0.5) is 34.7 Å². The molecule has 0 saturated heterocycles. The monoisotopic (exact) mass is 532 g/mol. The van der Waals surface area contributed by atoms with Crippen molar-refractivity contribution in [1.29, 1.82) is 0 Å². The first kappa shape index (κ1) is 35.5. The zero-order valence-corrected chi connectivity index (χ0v) is 14.1. The summed E-state index contributed by atoms with van der Waals surface area (Å²) in [5.41, 5.74) is 0. The summed E-state index contributed by atoms with van der Waals surface area (Å²) < 4.78 is 153. The van der Waals surface area contributed by atoms with Gasteiger partial charge < -0.3 is 0 Å². The van der Waals surface area contributed by atoms with E-state index >= 15 is 0 Å². The van der Waals surface area contributed by atoms with Crippen molar-refractivity contribution in [3.63, 3.8) is 0 Å². The summed E-state index contributed by atoms with van der Waals surface area (Å²) in [4.78, 5) is 0. The molecule has 0 radical (unpaired) electrons. The molecule has 0 heterocycles. The second kappa shape index (κ2) is 9.95. The Kier molecular flexibility index (Phi) is 15.4. The van der Waals surface area contributed by atoms with Crippen molar-refractivity contribution in [2.45, 2.75) is 0 Å². The van der Waals surface area contributed by atoms with Gasteiger partial charge in [0.05, 0.1) is 0 Å². The molecule has 0 aromatic heterocycles. The van der Waals surface area contributed by atoms with Crippen LogP contribution in [-0.4, -0.2) is 98.4 Å². The molecule has 0 spiro atoms. The molecule has 0 aliphatic rings. The quantitative estimate of drug-likeness (QED) is 0.311. The van der Waals surface area contributed by atoms with Crippen molar-refractivity contribution >= 4 is 87.6 Å². The van der Waals surface area contributed by atoms with Crippen molar-refractivity contribution < 1.29 is 60.6 Å². The number of hydrogen-bond donors (Lipinski definition) is 2. The maximum atomic E-state index is 9.89. The van der Waals surface area contributed by atoms with Crippen LogP contribution in [0.3, 0.4) is 0 Å². The molecule has 0 saturated carbocycles. The Bertz CT molecular complexity index is 459. The first-order chi connectivity index (χ1) is 8.18. The topological polar surface area (TPSA) is 109 Å². The van der Waals surface area contributed by atoms with Gasteiger partial charge in [-0.3, -0.25) is 9.11 Å². The minimum atomic E-state index is -8.99. The average molecular weight is 532 g/mol. The molecule has 22 heteroatoms. The fourth-order valence-corrected chi connectivity index (χ4v) is 1.69. The molecule has 2 N–H and O–H groups in total. The van der Waals surface area contributed by atoms with Crippen molar-refractivity contribution in [3.8, 4) is 0 Å². The number of halogens is 10. The van der Waals surface area contributed by atoms with Gasteiger partial charge in [-0.15, -0.1) is 0 Å². The van der Waals surface area contributed by atoms with Gasteiger partial charge >= 0.3 is 102 Å². The van der Waals surface area contributed by atoms with Crippen molar-refractivity contribution in [2.75, 3.05) is 5.08 Å². The van der Waals surface area contributed by atoms with Crippen LogP contribution < -0.4 is 0 Å². The van der Waals surface area contributed by atoms with Gasteiger partial charge in [0.2, 0.25) is 5.08 Å². The van der Waals surface area contributed by atoms with E-state index in [1.807, 2.05) is 0 Å². The molecule has 0 fully saturated rings. The molecule has 0 bridgehead atoms. The van der Waals surface area contributed by atoms with Crippen LogP contribution in [0.2, 0.25) is 0 Å². The summed E-state index contributed by atoms with van der Waals surface area (Å²) >= 11 is -18.0. The van der Waals surface area contributed by atoms with Crippen LogP contribution in [0.1, 0.15) is 0 Å². The molecule has 0 unspecified atom stereocenters. The number of rotatable bonds is 2. The Hall–Kier alpha value is 1.43. The molecular weight excluding hydrogens is 526 g/mol. The van der Waals surface area contributed by atoms with E-state index in [0.29, 0.717) is 0 Å².